The summed E-state index contributed by atoms with van der Waals surface area (Å²) in [6, 6.07) is 17.1. The molecule has 5 heteroatoms. The molecule has 0 bridgehead atoms. The minimum absolute atomic E-state index is 0.0711. The molecule has 0 aliphatic carbocycles. The van der Waals surface area contributed by atoms with Gasteiger partial charge in [0.2, 0.25) is 0 Å². The average molecular weight is 350 g/mol. The third kappa shape index (κ3) is 4.18. The van der Waals surface area contributed by atoms with Crippen molar-refractivity contribution >= 4 is 16.5 Å². The predicted octanol–water partition coefficient (Wildman–Crippen LogP) is 4.33. The van der Waals surface area contributed by atoms with Gasteiger partial charge in [-0.1, -0.05) is 30.3 Å². The Morgan fingerprint density at radius 1 is 1.00 bits per heavy atom. The number of fused-ring (bicyclic) bond motifs is 1. The Balaban J connectivity index is 1.57. The van der Waals surface area contributed by atoms with Crippen LogP contribution in [0.2, 0.25) is 0 Å². The number of methoxy groups -OCH3 is 1. The quantitative estimate of drug-likeness (QED) is 0.469. The summed E-state index contributed by atoms with van der Waals surface area (Å²) < 4.78 is 5.44. The Labute approximate surface area is 152 Å². The minimum Gasteiger partial charge on any atom is -0.508 e. The van der Waals surface area contributed by atoms with E-state index in [1.807, 2.05) is 18.2 Å². The first-order valence-corrected chi connectivity index (χ1v) is 8.63. The van der Waals surface area contributed by atoms with Gasteiger partial charge in [0.1, 0.15) is 17.2 Å². The van der Waals surface area contributed by atoms with Crippen LogP contribution < -0.4 is 10.1 Å². The summed E-state index contributed by atoms with van der Waals surface area (Å²) in [5, 5.41) is 18.2. The number of hydrogen-bond acceptors (Lipinski definition) is 5. The summed E-state index contributed by atoms with van der Waals surface area (Å²) in [4.78, 5) is 10.6. The molecular formula is C21H22N2O3. The Kier molecular flexibility index (Phi) is 5.81. The molecule has 3 aromatic rings. The first-order valence-electron chi connectivity index (χ1n) is 8.63. The molecule has 3 rings (SSSR count). The van der Waals surface area contributed by atoms with Crippen LogP contribution in [-0.4, -0.2) is 25.3 Å². The monoisotopic (exact) mass is 350 g/mol. The maximum atomic E-state index is 10.6. The Bertz CT molecular complexity index is 909. The molecule has 3 aromatic carbocycles. The second kappa shape index (κ2) is 8.45. The molecular weight excluding hydrogens is 328 g/mol. The fraction of sp³-hybridized carbons (Fsp3) is 0.238. The lowest BCUT2D eigenvalue weighted by Crippen LogP contribution is -2.20. The van der Waals surface area contributed by atoms with Crippen LogP contribution in [0.5, 0.6) is 11.5 Å². The van der Waals surface area contributed by atoms with Crippen LogP contribution >= 0.6 is 0 Å². The molecule has 0 unspecified atom stereocenters. The molecule has 0 amide bonds. The van der Waals surface area contributed by atoms with Gasteiger partial charge in [0.25, 0.3) is 0 Å². The largest absolute Gasteiger partial charge is 0.508 e. The van der Waals surface area contributed by atoms with E-state index in [0.717, 1.165) is 42.6 Å². The molecule has 26 heavy (non-hydrogen) atoms. The minimum atomic E-state index is 0.0711. The van der Waals surface area contributed by atoms with Crippen molar-refractivity contribution in [2.75, 3.05) is 20.2 Å². The Hall–Kier alpha value is -2.92. The van der Waals surface area contributed by atoms with Crippen LogP contribution in [0.15, 0.2) is 59.8 Å². The number of nitroso groups, excluding NO2 is 1. The van der Waals surface area contributed by atoms with E-state index >= 15 is 0 Å². The molecule has 0 aromatic heterocycles. The first-order chi connectivity index (χ1) is 12.7. The standard InChI is InChI=1S/C21H22N2O3/c1-26-21-7-6-16(19-4-2-3-5-20(19)21)9-11-22-10-8-15-12-17(23-25)14-18(24)13-15/h2-7,12-14,22,24H,8-11H2,1H3. The van der Waals surface area contributed by atoms with Gasteiger partial charge in [-0.25, -0.2) is 0 Å². The van der Waals surface area contributed by atoms with Crippen molar-refractivity contribution in [1.82, 2.24) is 5.32 Å². The lowest BCUT2D eigenvalue weighted by molar-refractivity contribution is 0.419. The van der Waals surface area contributed by atoms with Crippen molar-refractivity contribution in [3.05, 3.63) is 70.6 Å². The molecule has 5 nitrogen and oxygen atoms in total. The number of hydrogen-bond donors (Lipinski definition) is 2. The molecule has 0 saturated heterocycles. The third-order valence-electron chi connectivity index (χ3n) is 4.42. The van der Waals surface area contributed by atoms with Gasteiger partial charge in [0.05, 0.1) is 7.11 Å². The van der Waals surface area contributed by atoms with Crippen LogP contribution in [0.1, 0.15) is 11.1 Å². The van der Waals surface area contributed by atoms with Crippen LogP contribution in [-0.2, 0) is 12.8 Å². The summed E-state index contributed by atoms with van der Waals surface area (Å²) in [5.41, 5.74) is 2.42. The number of aromatic hydroxyl groups is 1. The van der Waals surface area contributed by atoms with E-state index in [0.29, 0.717) is 0 Å². The van der Waals surface area contributed by atoms with Gasteiger partial charge in [-0.2, -0.15) is 0 Å². The highest BCUT2D eigenvalue weighted by atomic mass is 16.5. The number of phenols is 1. The highest BCUT2D eigenvalue weighted by Crippen LogP contribution is 2.28. The number of nitrogens with zero attached hydrogens (tertiary/aromatic N) is 1. The van der Waals surface area contributed by atoms with Gasteiger partial charge in [-0.3, -0.25) is 0 Å². The molecule has 0 aliphatic heterocycles. The molecule has 134 valence electrons. The van der Waals surface area contributed by atoms with Crippen LogP contribution in [0, 0.1) is 4.91 Å². The number of ether oxygens (including phenoxy) is 1. The lowest BCUT2D eigenvalue weighted by atomic mass is 10.0. The van der Waals surface area contributed by atoms with Gasteiger partial charge < -0.3 is 15.2 Å². The van der Waals surface area contributed by atoms with E-state index in [-0.39, 0.29) is 11.4 Å². The van der Waals surface area contributed by atoms with Gasteiger partial charge in [-0.15, -0.1) is 4.91 Å². The van der Waals surface area contributed by atoms with Crippen molar-refractivity contribution in [3.63, 3.8) is 0 Å². The average Bonchev–Trinajstić information content (AvgIpc) is 2.67. The van der Waals surface area contributed by atoms with E-state index in [9.17, 15) is 10.0 Å². The molecule has 0 aliphatic rings. The maximum absolute atomic E-state index is 10.6. The van der Waals surface area contributed by atoms with Crippen molar-refractivity contribution < 1.29 is 9.84 Å². The first kappa shape index (κ1) is 17.9. The van der Waals surface area contributed by atoms with Gasteiger partial charge in [0, 0.05) is 11.5 Å². The van der Waals surface area contributed by atoms with Gasteiger partial charge in [-0.05, 0) is 65.8 Å². The predicted molar refractivity (Wildman–Crippen MR) is 104 cm³/mol. The van der Waals surface area contributed by atoms with Crippen LogP contribution in [0.3, 0.4) is 0 Å². The van der Waals surface area contributed by atoms with E-state index < -0.39 is 0 Å². The molecule has 0 fully saturated rings. The van der Waals surface area contributed by atoms with Crippen molar-refractivity contribution in [2.45, 2.75) is 12.8 Å². The SMILES string of the molecule is COc1ccc(CCNCCc2cc(O)cc(N=O)c2)c2ccccc12. The smallest absolute Gasteiger partial charge is 0.126 e. The maximum Gasteiger partial charge on any atom is 0.126 e. The van der Waals surface area contributed by atoms with Gasteiger partial charge >= 0.3 is 0 Å². The zero-order chi connectivity index (χ0) is 18.4. The zero-order valence-electron chi connectivity index (χ0n) is 14.7. The summed E-state index contributed by atoms with van der Waals surface area (Å²) in [6.45, 7) is 1.60. The molecule has 0 saturated carbocycles. The van der Waals surface area contributed by atoms with Crippen LogP contribution in [0.25, 0.3) is 10.8 Å². The summed E-state index contributed by atoms with van der Waals surface area (Å²) in [7, 11) is 1.69. The lowest BCUT2D eigenvalue weighted by Gasteiger charge is -2.11. The second-order valence-electron chi connectivity index (χ2n) is 6.17. The number of benzene rings is 3. The topological polar surface area (TPSA) is 70.9 Å². The fourth-order valence-electron chi connectivity index (χ4n) is 3.16. The van der Waals surface area contributed by atoms with E-state index in [2.05, 4.69) is 28.7 Å². The van der Waals surface area contributed by atoms with E-state index in [4.69, 9.17) is 4.74 Å². The zero-order valence-corrected chi connectivity index (χ0v) is 14.7. The summed E-state index contributed by atoms with van der Waals surface area (Å²) in [6.07, 6.45) is 1.63. The third-order valence-corrected chi connectivity index (χ3v) is 4.42. The molecule has 0 spiro atoms. The van der Waals surface area contributed by atoms with Gasteiger partial charge in [0.15, 0.2) is 0 Å². The van der Waals surface area contributed by atoms with Crippen molar-refractivity contribution in [2.24, 2.45) is 5.18 Å². The van der Waals surface area contributed by atoms with E-state index in [1.54, 1.807) is 19.2 Å². The molecule has 2 N–H and O–H groups in total. The number of phenolic OH excluding ortho intramolecular Hbond substituents is 1. The van der Waals surface area contributed by atoms with Crippen molar-refractivity contribution in [3.8, 4) is 11.5 Å². The fourth-order valence-corrected chi connectivity index (χ4v) is 3.16. The Morgan fingerprint density at radius 3 is 2.54 bits per heavy atom. The van der Waals surface area contributed by atoms with Crippen molar-refractivity contribution in [1.29, 1.82) is 0 Å². The van der Waals surface area contributed by atoms with Crippen LogP contribution in [0.4, 0.5) is 5.69 Å². The normalized spacial score (nSPS) is 10.8. The summed E-state index contributed by atoms with van der Waals surface area (Å²) >= 11 is 0. The van der Waals surface area contributed by atoms with E-state index in [1.165, 1.54) is 17.0 Å². The molecule has 0 radical (unpaired) electrons. The highest BCUT2D eigenvalue weighted by molar-refractivity contribution is 5.91. The number of rotatable bonds is 8. The second-order valence-corrected chi connectivity index (χ2v) is 6.17. The molecule has 0 heterocycles. The Morgan fingerprint density at radius 2 is 1.77 bits per heavy atom. The molecule has 0 atom stereocenters. The number of nitrogens with one attached hydrogen (secondary N) is 1. The highest BCUT2D eigenvalue weighted by Gasteiger charge is 2.06. The summed E-state index contributed by atoms with van der Waals surface area (Å²) in [5.74, 6) is 0.961.